The molecule has 0 fully saturated rings. The summed E-state index contributed by atoms with van der Waals surface area (Å²) in [5.74, 6) is -0.485. The van der Waals surface area contributed by atoms with Gasteiger partial charge in [-0.2, -0.15) is 12.2 Å². The first kappa shape index (κ1) is 18.5. The molecule has 0 N–H and O–H groups in total. The molecule has 0 saturated heterocycles. The molecular weight excluding hydrogens is 376 g/mol. The van der Waals surface area contributed by atoms with Gasteiger partial charge in [0.05, 0.1) is 6.54 Å². The first-order chi connectivity index (χ1) is 9.40. The van der Waals surface area contributed by atoms with Crippen LogP contribution >= 0.6 is 11.6 Å². The van der Waals surface area contributed by atoms with E-state index in [1.165, 1.54) is 17.0 Å². The molecule has 0 bridgehead atoms. The molecule has 109 valence electrons. The van der Waals surface area contributed by atoms with Gasteiger partial charge in [0.1, 0.15) is 5.82 Å². The first-order valence-corrected chi connectivity index (χ1v) is 6.28. The van der Waals surface area contributed by atoms with Gasteiger partial charge in [0.15, 0.2) is 0 Å². The van der Waals surface area contributed by atoms with Gasteiger partial charge in [-0.25, -0.2) is 13.2 Å². The molecule has 1 nitrogen and oxygen atoms in total. The maximum atomic E-state index is 13.1. The zero-order valence-corrected chi connectivity index (χ0v) is 14.9. The molecule has 0 spiro atoms. The molecule has 1 heterocycles. The summed E-state index contributed by atoms with van der Waals surface area (Å²) < 4.78 is 38.6. The van der Waals surface area contributed by atoms with Gasteiger partial charge in [-0.05, 0) is 22.9 Å². The van der Waals surface area contributed by atoms with E-state index in [4.69, 9.17) is 11.6 Å². The molecule has 0 unspecified atom stereocenters. The van der Waals surface area contributed by atoms with Crippen molar-refractivity contribution in [2.45, 2.75) is 13.3 Å². The van der Waals surface area contributed by atoms with Crippen LogP contribution in [-0.4, -0.2) is 17.9 Å². The first-order valence-electron chi connectivity index (χ1n) is 5.91. The average Bonchev–Trinajstić information content (AvgIpc) is 2.36. The topological polar surface area (TPSA) is 3.24 Å². The minimum Gasteiger partial charge on any atom is -0.370 e. The molecule has 1 aromatic rings. The summed E-state index contributed by atoms with van der Waals surface area (Å²) in [6.45, 7) is 5.05. The molecule has 1 aliphatic heterocycles. The zero-order chi connectivity index (χ0) is 14.9. The van der Waals surface area contributed by atoms with E-state index >= 15 is 0 Å². The summed E-state index contributed by atoms with van der Waals surface area (Å²) >= 11 is 5.98. The van der Waals surface area contributed by atoms with Crippen LogP contribution in [0.25, 0.3) is 5.70 Å². The van der Waals surface area contributed by atoms with E-state index in [0.717, 1.165) is 11.6 Å². The van der Waals surface area contributed by atoms with E-state index in [1.54, 1.807) is 13.0 Å². The molecule has 0 aromatic heterocycles. The van der Waals surface area contributed by atoms with E-state index in [-0.39, 0.29) is 37.7 Å². The maximum Gasteiger partial charge on any atom is 0.256 e. The van der Waals surface area contributed by atoms with Gasteiger partial charge in [0.2, 0.25) is 0 Å². The number of halogens is 4. The van der Waals surface area contributed by atoms with Gasteiger partial charge in [0, 0.05) is 32.7 Å². The van der Waals surface area contributed by atoms with Gasteiger partial charge in [-0.1, -0.05) is 36.4 Å². The van der Waals surface area contributed by atoms with Crippen molar-refractivity contribution in [1.29, 1.82) is 0 Å². The third kappa shape index (κ3) is 4.21. The van der Waals surface area contributed by atoms with E-state index in [9.17, 15) is 13.2 Å². The maximum absolute atomic E-state index is 13.1. The Morgan fingerprint density at radius 1 is 1.38 bits per heavy atom. The van der Waals surface area contributed by atoms with Gasteiger partial charge in [-0.15, -0.1) is 11.6 Å². The van der Waals surface area contributed by atoms with Crippen molar-refractivity contribution in [3.8, 4) is 0 Å². The van der Waals surface area contributed by atoms with E-state index in [0.29, 0.717) is 17.0 Å². The van der Waals surface area contributed by atoms with Crippen LogP contribution in [0.15, 0.2) is 42.1 Å². The third-order valence-electron chi connectivity index (χ3n) is 2.98. The summed E-state index contributed by atoms with van der Waals surface area (Å²) in [5.41, 5.74) is 2.01. The minimum absolute atomic E-state index is 0. The van der Waals surface area contributed by atoms with Crippen LogP contribution < -0.4 is 0 Å². The van der Waals surface area contributed by atoms with E-state index in [2.05, 4.69) is 12.7 Å². The Morgan fingerprint density at radius 2 is 2.05 bits per heavy atom. The summed E-state index contributed by atoms with van der Waals surface area (Å²) in [6.07, 6.45) is 2.03. The molecule has 21 heavy (non-hydrogen) atoms. The van der Waals surface area contributed by atoms with Crippen molar-refractivity contribution >= 4 is 17.3 Å². The quantitative estimate of drug-likeness (QED) is 0.682. The Morgan fingerprint density at radius 3 is 2.62 bits per heavy atom. The van der Waals surface area contributed by atoms with Gasteiger partial charge in [-0.3, -0.25) is 0 Å². The fraction of sp³-hybridized carbons (Fsp3) is 0.200. The second kappa shape index (κ2) is 7.62. The van der Waals surface area contributed by atoms with Crippen molar-refractivity contribution in [2.75, 3.05) is 6.54 Å². The van der Waals surface area contributed by atoms with Crippen LogP contribution in [0.5, 0.6) is 0 Å². The van der Waals surface area contributed by atoms with E-state index < -0.39 is 18.8 Å². The summed E-state index contributed by atoms with van der Waals surface area (Å²) in [5, 5.41) is 0.146. The second-order valence-corrected chi connectivity index (χ2v) is 4.80. The smallest absolute Gasteiger partial charge is 0.256 e. The second-order valence-electron chi connectivity index (χ2n) is 4.39. The Bertz CT molecular complexity index is 611. The van der Waals surface area contributed by atoms with Crippen LogP contribution in [0.3, 0.4) is 0 Å². The van der Waals surface area contributed by atoms with Crippen LogP contribution in [0.1, 0.15) is 12.5 Å². The molecule has 1 aliphatic rings. The monoisotopic (exact) mass is 387 g/mol. The summed E-state index contributed by atoms with van der Waals surface area (Å²) in [4.78, 5) is 1.35. The van der Waals surface area contributed by atoms with Crippen molar-refractivity contribution in [1.82, 2.24) is 4.90 Å². The number of allylic oxidation sites excluding steroid dienone is 3. The molecule has 2 rings (SSSR count). The SMILES string of the molecule is C=C1C(C)=C[C-]=C(c2ccc(F)cc2Cl)N1CC(F)F.[Y]. The predicted octanol–water partition coefficient (Wildman–Crippen LogP) is 4.66. The molecular formula is C15H12ClF3NY-. The number of rotatable bonds is 3. The van der Waals surface area contributed by atoms with Crippen molar-refractivity contribution in [3.05, 3.63) is 64.6 Å². The van der Waals surface area contributed by atoms with Crippen molar-refractivity contribution in [2.24, 2.45) is 0 Å². The standard InChI is InChI=1S/C15H12ClF3N.Y/c1-9-3-6-14(20(10(9)2)8-15(18)19)12-5-4-11(17)7-13(12)16;/h3-5,7,15H,2,8H2,1H3;/q-1;. The molecule has 0 atom stereocenters. The average molecular weight is 388 g/mol. The fourth-order valence-corrected chi connectivity index (χ4v) is 2.19. The molecule has 1 aromatic carbocycles. The number of hydrogen-bond donors (Lipinski definition) is 0. The normalized spacial score (nSPS) is 14.8. The minimum atomic E-state index is -2.53. The van der Waals surface area contributed by atoms with Crippen molar-refractivity contribution < 1.29 is 45.9 Å². The van der Waals surface area contributed by atoms with Gasteiger partial charge >= 0.3 is 0 Å². The zero-order valence-electron chi connectivity index (χ0n) is 11.3. The van der Waals surface area contributed by atoms with Crippen LogP contribution in [0.4, 0.5) is 13.2 Å². The summed E-state index contributed by atoms with van der Waals surface area (Å²) in [6, 6.07) is 3.81. The van der Waals surface area contributed by atoms with Crippen LogP contribution in [-0.2, 0) is 32.7 Å². The molecule has 6 heteroatoms. The van der Waals surface area contributed by atoms with Crippen LogP contribution in [0, 0.1) is 11.9 Å². The largest absolute Gasteiger partial charge is 0.370 e. The van der Waals surface area contributed by atoms with Crippen LogP contribution in [0.2, 0.25) is 5.02 Å². The Balaban J connectivity index is 0.00000220. The number of alkyl halides is 2. The van der Waals surface area contributed by atoms with E-state index in [1.807, 2.05) is 0 Å². The fourth-order valence-electron chi connectivity index (χ4n) is 1.93. The Kier molecular flexibility index (Phi) is 6.70. The third-order valence-corrected chi connectivity index (χ3v) is 3.30. The van der Waals surface area contributed by atoms with Gasteiger partial charge in [0.25, 0.3) is 6.43 Å². The molecule has 0 amide bonds. The molecule has 0 saturated carbocycles. The molecule has 0 aliphatic carbocycles. The molecule has 1 radical (unpaired) electrons. The Hall–Kier alpha value is -0.576. The summed E-state index contributed by atoms with van der Waals surface area (Å²) in [7, 11) is 0. The predicted molar refractivity (Wildman–Crippen MR) is 73.7 cm³/mol. The number of benzene rings is 1. The van der Waals surface area contributed by atoms with Crippen molar-refractivity contribution in [3.63, 3.8) is 0 Å². The number of hydrogen-bond acceptors (Lipinski definition) is 1. The number of nitrogens with zero attached hydrogens (tertiary/aromatic N) is 1. The van der Waals surface area contributed by atoms with Gasteiger partial charge < -0.3 is 4.90 Å². The Labute approximate surface area is 152 Å².